The van der Waals surface area contributed by atoms with E-state index < -0.39 is 8.07 Å². The number of furan rings is 1. The maximum absolute atomic E-state index is 6.51. The van der Waals surface area contributed by atoms with Crippen molar-refractivity contribution in [2.24, 2.45) is 0 Å². The number of hydrogen-bond acceptors (Lipinski definition) is 4. The standard InChI is InChI=1S/C61H52N2OSSi/c1-60(2)51-36-42(62(40-20-12-9-13-21-40)41-26-31-45(32-27-41)66(5,6)7)29-34-49(51)58-56(60)57-59(65-58)50-35-30-43(37-52(50)61(57,3)4)63(53-24-16-14-22-46(53)39-18-10-8-11-19-39)44-28-33-48-47-23-15-17-25-54(47)64-55(48)38-44/h8-38H,1-7H3. The van der Waals surface area contributed by atoms with Crippen LogP contribution < -0.4 is 15.0 Å². The Hall–Kier alpha value is -6.92. The summed E-state index contributed by atoms with van der Waals surface area (Å²) in [4.78, 5) is 7.68. The van der Waals surface area contributed by atoms with E-state index in [-0.39, 0.29) is 10.8 Å². The Morgan fingerprint density at radius 1 is 0.424 bits per heavy atom. The van der Waals surface area contributed by atoms with Crippen molar-refractivity contribution < 1.29 is 4.42 Å². The summed E-state index contributed by atoms with van der Waals surface area (Å²) in [5.74, 6) is 0. The van der Waals surface area contributed by atoms with Gasteiger partial charge in [0.2, 0.25) is 0 Å². The molecule has 0 saturated heterocycles. The average molecular weight is 889 g/mol. The molecular weight excluding hydrogens is 837 g/mol. The van der Waals surface area contributed by atoms with Gasteiger partial charge in [-0.3, -0.25) is 0 Å². The highest BCUT2D eigenvalue weighted by molar-refractivity contribution is 7.19. The van der Waals surface area contributed by atoms with Crippen LogP contribution in [-0.2, 0) is 10.8 Å². The van der Waals surface area contributed by atoms with Gasteiger partial charge in [-0.1, -0.05) is 162 Å². The summed E-state index contributed by atoms with van der Waals surface area (Å²) in [5, 5.41) is 3.73. The highest BCUT2D eigenvalue weighted by Crippen LogP contribution is 2.64. The second-order valence-electron chi connectivity index (χ2n) is 20.2. The van der Waals surface area contributed by atoms with Gasteiger partial charge in [-0.25, -0.2) is 0 Å². The van der Waals surface area contributed by atoms with E-state index in [1.807, 2.05) is 17.4 Å². The molecule has 10 aromatic rings. The van der Waals surface area contributed by atoms with Gasteiger partial charge < -0.3 is 14.2 Å². The summed E-state index contributed by atoms with van der Waals surface area (Å²) in [5.41, 5.74) is 18.9. The smallest absolute Gasteiger partial charge is 0.137 e. The molecule has 5 heteroatoms. The first kappa shape index (κ1) is 40.6. The lowest BCUT2D eigenvalue weighted by atomic mass is 9.74. The summed E-state index contributed by atoms with van der Waals surface area (Å²) in [6, 6.07) is 69.1. The molecule has 2 aromatic heterocycles. The second-order valence-corrected chi connectivity index (χ2v) is 26.3. The zero-order valence-corrected chi connectivity index (χ0v) is 40.4. The number of thiophene rings is 1. The van der Waals surface area contributed by atoms with Crippen molar-refractivity contribution in [1.82, 2.24) is 0 Å². The van der Waals surface area contributed by atoms with Crippen molar-refractivity contribution in [3.05, 3.63) is 210 Å². The Bertz CT molecular complexity index is 3520. The Kier molecular flexibility index (Phi) is 9.10. The largest absolute Gasteiger partial charge is 0.456 e. The Balaban J connectivity index is 0.969. The number of rotatable bonds is 8. The molecule has 0 spiro atoms. The third-order valence-corrected chi connectivity index (χ3v) is 17.7. The van der Waals surface area contributed by atoms with Gasteiger partial charge in [-0.2, -0.15) is 0 Å². The van der Waals surface area contributed by atoms with E-state index >= 15 is 0 Å². The Morgan fingerprint density at radius 3 is 1.58 bits per heavy atom. The van der Waals surface area contributed by atoms with Gasteiger partial charge in [0, 0.05) is 71.4 Å². The van der Waals surface area contributed by atoms with Crippen LogP contribution in [0.15, 0.2) is 192 Å². The summed E-state index contributed by atoms with van der Waals surface area (Å²) < 4.78 is 6.51. The number of para-hydroxylation sites is 3. The van der Waals surface area contributed by atoms with Crippen molar-refractivity contribution in [2.45, 2.75) is 58.2 Å². The highest BCUT2D eigenvalue weighted by Gasteiger charge is 2.48. The molecule has 0 aliphatic heterocycles. The molecule has 0 bridgehead atoms. The van der Waals surface area contributed by atoms with Crippen LogP contribution in [0.2, 0.25) is 19.6 Å². The van der Waals surface area contributed by atoms with Gasteiger partial charge in [0.15, 0.2) is 0 Å². The Labute approximate surface area is 393 Å². The molecule has 2 aliphatic rings. The molecule has 0 fully saturated rings. The summed E-state index contributed by atoms with van der Waals surface area (Å²) >= 11 is 1.99. The first-order valence-electron chi connectivity index (χ1n) is 23.2. The molecule has 0 atom stereocenters. The first-order chi connectivity index (χ1) is 31.9. The van der Waals surface area contributed by atoms with Crippen LogP contribution in [0, 0.1) is 0 Å². The van der Waals surface area contributed by atoms with Gasteiger partial charge in [-0.15, -0.1) is 11.3 Å². The van der Waals surface area contributed by atoms with Gasteiger partial charge in [-0.05, 0) is 112 Å². The summed E-state index contributed by atoms with van der Waals surface area (Å²) in [7, 11) is -1.45. The number of nitrogens with zero attached hydrogens (tertiary/aromatic N) is 2. The normalized spacial score (nSPS) is 14.2. The minimum atomic E-state index is -1.45. The van der Waals surface area contributed by atoms with Crippen molar-refractivity contribution in [1.29, 1.82) is 0 Å². The van der Waals surface area contributed by atoms with Crippen molar-refractivity contribution in [3.63, 3.8) is 0 Å². The predicted octanol–water partition coefficient (Wildman–Crippen LogP) is 17.4. The number of fused-ring (bicyclic) bond motifs is 10. The van der Waals surface area contributed by atoms with Gasteiger partial charge in [0.25, 0.3) is 0 Å². The quantitative estimate of drug-likeness (QED) is 0.142. The predicted molar refractivity (Wildman–Crippen MR) is 285 cm³/mol. The van der Waals surface area contributed by atoms with E-state index in [2.05, 4.69) is 239 Å². The van der Waals surface area contributed by atoms with Crippen molar-refractivity contribution >= 4 is 80.7 Å². The minimum absolute atomic E-state index is 0.209. The molecule has 12 rings (SSSR count). The third kappa shape index (κ3) is 6.20. The first-order valence-corrected chi connectivity index (χ1v) is 27.5. The van der Waals surface area contributed by atoms with Crippen molar-refractivity contribution in [2.75, 3.05) is 9.80 Å². The van der Waals surface area contributed by atoms with Crippen LogP contribution >= 0.6 is 11.3 Å². The van der Waals surface area contributed by atoms with Crippen LogP contribution in [0.25, 0.3) is 53.9 Å². The van der Waals surface area contributed by atoms with Crippen molar-refractivity contribution in [3.8, 4) is 32.0 Å². The van der Waals surface area contributed by atoms with Crippen LogP contribution in [0.3, 0.4) is 0 Å². The molecule has 8 aromatic carbocycles. The third-order valence-electron chi connectivity index (χ3n) is 14.4. The SMILES string of the molecule is CC1(C)c2cc(N(c3ccccc3)c3ccc([Si](C)(C)C)cc3)ccc2-c2sc3c(c21)C(C)(C)c1cc(N(c2ccc4c(c2)oc2ccccc24)c2ccccc2-c2ccccc2)ccc1-3. The molecule has 322 valence electrons. The van der Waals surface area contributed by atoms with Crippen LogP contribution in [0.1, 0.15) is 49.9 Å². The number of benzene rings is 8. The molecule has 2 heterocycles. The fourth-order valence-electron chi connectivity index (χ4n) is 11.0. The lowest BCUT2D eigenvalue weighted by Crippen LogP contribution is -2.37. The van der Waals surface area contributed by atoms with Crippen LogP contribution in [0.4, 0.5) is 34.1 Å². The van der Waals surface area contributed by atoms with E-state index in [0.717, 1.165) is 44.7 Å². The Morgan fingerprint density at radius 2 is 0.924 bits per heavy atom. The van der Waals surface area contributed by atoms with Crippen LogP contribution in [-0.4, -0.2) is 8.07 Å². The lowest BCUT2D eigenvalue weighted by molar-refractivity contribution is 0.603. The fraction of sp³-hybridized carbons (Fsp3) is 0.148. The molecule has 0 N–H and O–H groups in total. The summed E-state index contributed by atoms with van der Waals surface area (Å²) in [6.45, 7) is 17.0. The zero-order chi connectivity index (χ0) is 45.1. The van der Waals surface area contributed by atoms with Crippen LogP contribution in [0.5, 0.6) is 0 Å². The van der Waals surface area contributed by atoms with E-state index in [9.17, 15) is 0 Å². The van der Waals surface area contributed by atoms with Gasteiger partial charge in [0.1, 0.15) is 11.2 Å². The number of hydrogen-bond donors (Lipinski definition) is 0. The molecule has 3 nitrogen and oxygen atoms in total. The fourth-order valence-corrected chi connectivity index (χ4v) is 13.9. The van der Waals surface area contributed by atoms with E-state index in [0.29, 0.717) is 0 Å². The van der Waals surface area contributed by atoms with E-state index in [4.69, 9.17) is 4.42 Å². The topological polar surface area (TPSA) is 19.6 Å². The summed E-state index contributed by atoms with van der Waals surface area (Å²) in [6.07, 6.45) is 0. The molecule has 2 aliphatic carbocycles. The zero-order valence-electron chi connectivity index (χ0n) is 38.6. The lowest BCUT2D eigenvalue weighted by Gasteiger charge is -2.31. The van der Waals surface area contributed by atoms with Gasteiger partial charge >= 0.3 is 0 Å². The molecule has 0 radical (unpaired) electrons. The highest BCUT2D eigenvalue weighted by atomic mass is 32.1. The van der Waals surface area contributed by atoms with Gasteiger partial charge in [0.05, 0.1) is 13.8 Å². The monoisotopic (exact) mass is 888 g/mol. The molecule has 66 heavy (non-hydrogen) atoms. The molecule has 0 amide bonds. The molecule has 0 unspecified atom stereocenters. The second kappa shape index (κ2) is 14.8. The van der Waals surface area contributed by atoms with E-state index in [1.54, 1.807) is 0 Å². The molecule has 0 saturated carbocycles. The maximum atomic E-state index is 6.51. The number of anilines is 6. The average Bonchev–Trinajstić information content (AvgIpc) is 4.03. The minimum Gasteiger partial charge on any atom is -0.456 e. The molecular formula is C61H52N2OSSi. The van der Waals surface area contributed by atoms with E-state index in [1.165, 1.54) is 70.8 Å². The maximum Gasteiger partial charge on any atom is 0.137 e.